The second-order valence-corrected chi connectivity index (χ2v) is 5.14. The van der Waals surface area contributed by atoms with Gasteiger partial charge in [0.05, 0.1) is 5.39 Å². The molecule has 0 unspecified atom stereocenters. The van der Waals surface area contributed by atoms with Crippen LogP contribution in [0.5, 0.6) is 5.75 Å². The number of benzene rings is 1. The van der Waals surface area contributed by atoms with Gasteiger partial charge in [0.2, 0.25) is 0 Å². The van der Waals surface area contributed by atoms with E-state index in [1.165, 1.54) is 11.3 Å². The molecule has 0 aliphatic carbocycles. The van der Waals surface area contributed by atoms with Crippen molar-refractivity contribution < 1.29 is 5.11 Å². The number of pyridine rings is 1. The van der Waals surface area contributed by atoms with Gasteiger partial charge in [0.15, 0.2) is 5.56 Å². The molecule has 98 valence electrons. The second-order valence-electron chi connectivity index (χ2n) is 4.27. The molecule has 0 radical (unpaired) electrons. The van der Waals surface area contributed by atoms with Crippen LogP contribution in [0.4, 0.5) is 5.69 Å². The molecule has 0 saturated carbocycles. The molecule has 0 amide bonds. The Morgan fingerprint density at radius 2 is 2.00 bits per heavy atom. The van der Waals surface area contributed by atoms with Crippen LogP contribution < -0.4 is 11.3 Å². The highest BCUT2D eigenvalue weighted by molar-refractivity contribution is 7.17. The number of aromatic hydroxyl groups is 1. The Bertz CT molecular complexity index is 901. The van der Waals surface area contributed by atoms with E-state index in [1.54, 1.807) is 18.2 Å². The van der Waals surface area contributed by atoms with Gasteiger partial charge in [-0.3, -0.25) is 4.79 Å². The van der Waals surface area contributed by atoms with E-state index < -0.39 is 5.56 Å². The van der Waals surface area contributed by atoms with E-state index in [2.05, 4.69) is 4.98 Å². The summed E-state index contributed by atoms with van der Waals surface area (Å²) in [6.07, 6.45) is 0. The van der Waals surface area contributed by atoms with Gasteiger partial charge in [-0.1, -0.05) is 12.1 Å². The second kappa shape index (κ2) is 4.40. The van der Waals surface area contributed by atoms with Gasteiger partial charge in [-0.25, -0.2) is 0 Å². The number of nitrogens with zero attached hydrogens (tertiary/aromatic N) is 1. The van der Waals surface area contributed by atoms with E-state index in [-0.39, 0.29) is 11.3 Å². The van der Waals surface area contributed by atoms with Crippen LogP contribution in [0.3, 0.4) is 0 Å². The van der Waals surface area contributed by atoms with E-state index in [0.717, 1.165) is 11.1 Å². The Balaban J connectivity index is 2.36. The van der Waals surface area contributed by atoms with Crippen LogP contribution in [-0.2, 0) is 0 Å². The zero-order valence-corrected chi connectivity index (χ0v) is 11.0. The van der Waals surface area contributed by atoms with Crippen LogP contribution >= 0.6 is 11.3 Å². The molecular formula is C14H9N3O2S. The number of H-pyrrole nitrogens is 1. The van der Waals surface area contributed by atoms with Crippen molar-refractivity contribution in [2.24, 2.45) is 0 Å². The van der Waals surface area contributed by atoms with Gasteiger partial charge in [0.25, 0.3) is 5.56 Å². The third-order valence-corrected chi connectivity index (χ3v) is 3.95. The number of hydrogen-bond donors (Lipinski definition) is 3. The molecule has 0 spiro atoms. The lowest BCUT2D eigenvalue weighted by Gasteiger charge is -2.03. The van der Waals surface area contributed by atoms with Gasteiger partial charge in [-0.15, -0.1) is 11.3 Å². The molecule has 0 aliphatic heterocycles. The molecule has 2 aromatic heterocycles. The molecule has 1 aromatic carbocycles. The average molecular weight is 283 g/mol. The molecule has 3 aromatic rings. The Morgan fingerprint density at radius 1 is 1.30 bits per heavy atom. The summed E-state index contributed by atoms with van der Waals surface area (Å²) in [5.74, 6) is -0.278. The Hall–Kier alpha value is -2.78. The Labute approximate surface area is 117 Å². The van der Waals surface area contributed by atoms with Crippen LogP contribution in [0.15, 0.2) is 34.4 Å². The quantitative estimate of drug-likeness (QED) is 0.597. The van der Waals surface area contributed by atoms with E-state index in [0.29, 0.717) is 15.9 Å². The Kier molecular flexibility index (Phi) is 2.70. The number of nitriles is 1. The minimum atomic E-state index is -0.580. The number of nitrogen functional groups attached to an aromatic ring is 1. The zero-order chi connectivity index (χ0) is 14.3. The maximum absolute atomic E-state index is 11.6. The predicted molar refractivity (Wildman–Crippen MR) is 78.7 cm³/mol. The fraction of sp³-hybridized carbons (Fsp3) is 0. The summed E-state index contributed by atoms with van der Waals surface area (Å²) >= 11 is 1.30. The minimum absolute atomic E-state index is 0.271. The zero-order valence-electron chi connectivity index (χ0n) is 10.2. The van der Waals surface area contributed by atoms with Crippen molar-refractivity contribution in [3.63, 3.8) is 0 Å². The number of hydrogen-bond acceptors (Lipinski definition) is 5. The van der Waals surface area contributed by atoms with Gasteiger partial charge in [0, 0.05) is 16.6 Å². The van der Waals surface area contributed by atoms with Crippen molar-refractivity contribution in [1.82, 2.24) is 4.98 Å². The van der Waals surface area contributed by atoms with Crippen LogP contribution in [0, 0.1) is 11.3 Å². The lowest BCUT2D eigenvalue weighted by Crippen LogP contribution is -2.09. The van der Waals surface area contributed by atoms with Gasteiger partial charge < -0.3 is 15.8 Å². The van der Waals surface area contributed by atoms with Gasteiger partial charge in [0.1, 0.15) is 16.6 Å². The topological polar surface area (TPSA) is 103 Å². The predicted octanol–water partition coefficient (Wildman–Crippen LogP) is 2.42. The molecule has 0 atom stereocenters. The molecular weight excluding hydrogens is 274 g/mol. The molecule has 0 fully saturated rings. The highest BCUT2D eigenvalue weighted by atomic mass is 32.1. The third-order valence-electron chi connectivity index (χ3n) is 3.05. The van der Waals surface area contributed by atoms with Crippen molar-refractivity contribution in [2.45, 2.75) is 0 Å². The molecule has 6 heteroatoms. The third kappa shape index (κ3) is 1.73. The van der Waals surface area contributed by atoms with Crippen LogP contribution in [-0.4, -0.2) is 10.1 Å². The van der Waals surface area contributed by atoms with E-state index in [9.17, 15) is 9.90 Å². The number of anilines is 1. The number of aromatic amines is 1. The van der Waals surface area contributed by atoms with Crippen molar-refractivity contribution in [2.75, 3.05) is 5.73 Å². The molecule has 4 N–H and O–H groups in total. The summed E-state index contributed by atoms with van der Waals surface area (Å²) < 4.78 is 0. The first-order valence-electron chi connectivity index (χ1n) is 5.74. The molecule has 2 heterocycles. The number of fused-ring (bicyclic) bond motifs is 1. The summed E-state index contributed by atoms with van der Waals surface area (Å²) in [4.78, 5) is 14.8. The lowest BCUT2D eigenvalue weighted by molar-refractivity contribution is 0.479. The fourth-order valence-corrected chi connectivity index (χ4v) is 3.03. The average Bonchev–Trinajstić information content (AvgIpc) is 2.84. The van der Waals surface area contributed by atoms with Gasteiger partial charge >= 0.3 is 0 Å². The highest BCUT2D eigenvalue weighted by Gasteiger charge is 2.17. The number of thiophene rings is 1. The normalized spacial score (nSPS) is 10.6. The fourth-order valence-electron chi connectivity index (χ4n) is 2.06. The molecule has 3 rings (SSSR count). The summed E-state index contributed by atoms with van der Waals surface area (Å²) in [7, 11) is 0. The summed E-state index contributed by atoms with van der Waals surface area (Å²) in [6, 6.07) is 8.89. The highest BCUT2D eigenvalue weighted by Crippen LogP contribution is 2.38. The summed E-state index contributed by atoms with van der Waals surface area (Å²) in [6.45, 7) is 0. The number of rotatable bonds is 1. The number of nitrogens with two attached hydrogens (primary N) is 1. The SMILES string of the molecule is N#Cc1c(O)c2c(-c3ccc(N)cc3)csc2[nH]c1=O. The van der Waals surface area contributed by atoms with Gasteiger partial charge in [-0.2, -0.15) is 5.26 Å². The standard InChI is InChI=1S/C14H9N3O2S/c15-5-9-12(18)11-10(6-20-14(11)17-13(9)19)7-1-3-8(16)4-2-7/h1-4,6H,16H2,(H2,17,18,19). The van der Waals surface area contributed by atoms with E-state index in [4.69, 9.17) is 11.0 Å². The lowest BCUT2D eigenvalue weighted by atomic mass is 10.0. The maximum atomic E-state index is 11.6. The van der Waals surface area contributed by atoms with Crippen LogP contribution in [0.1, 0.15) is 5.56 Å². The van der Waals surface area contributed by atoms with Crippen LogP contribution in [0.2, 0.25) is 0 Å². The first-order chi connectivity index (χ1) is 9.61. The Morgan fingerprint density at radius 3 is 2.65 bits per heavy atom. The molecule has 0 saturated heterocycles. The molecule has 20 heavy (non-hydrogen) atoms. The number of nitrogens with one attached hydrogen (secondary N) is 1. The van der Waals surface area contributed by atoms with E-state index >= 15 is 0 Å². The van der Waals surface area contributed by atoms with Crippen molar-refractivity contribution >= 4 is 27.2 Å². The molecule has 0 aliphatic rings. The van der Waals surface area contributed by atoms with Crippen LogP contribution in [0.25, 0.3) is 21.3 Å². The first-order valence-corrected chi connectivity index (χ1v) is 6.62. The van der Waals surface area contributed by atoms with Crippen molar-refractivity contribution in [1.29, 1.82) is 5.26 Å². The first kappa shape index (κ1) is 12.3. The van der Waals surface area contributed by atoms with Crippen molar-refractivity contribution in [3.8, 4) is 22.9 Å². The largest absolute Gasteiger partial charge is 0.506 e. The molecule has 5 nitrogen and oxygen atoms in total. The van der Waals surface area contributed by atoms with Gasteiger partial charge in [-0.05, 0) is 17.7 Å². The summed E-state index contributed by atoms with van der Waals surface area (Å²) in [5.41, 5.74) is 7.06. The summed E-state index contributed by atoms with van der Waals surface area (Å²) in [5, 5.41) is 21.4. The van der Waals surface area contributed by atoms with E-state index in [1.807, 2.05) is 17.5 Å². The smallest absolute Gasteiger partial charge is 0.270 e. The van der Waals surface area contributed by atoms with Crippen molar-refractivity contribution in [3.05, 3.63) is 45.6 Å². The minimum Gasteiger partial charge on any atom is -0.506 e. The molecule has 0 bridgehead atoms. The number of aromatic nitrogens is 1. The monoisotopic (exact) mass is 283 g/mol. The maximum Gasteiger partial charge on any atom is 0.270 e.